The summed E-state index contributed by atoms with van der Waals surface area (Å²) < 4.78 is 2.05. The molecule has 0 aliphatic heterocycles. The molecule has 0 aliphatic carbocycles. The van der Waals surface area contributed by atoms with Crippen molar-refractivity contribution < 1.29 is 0 Å². The van der Waals surface area contributed by atoms with E-state index < -0.39 is 0 Å². The Hall–Kier alpha value is -1.75. The predicted octanol–water partition coefficient (Wildman–Crippen LogP) is 2.01. The fourth-order valence-electron chi connectivity index (χ4n) is 2.31. The zero-order valence-electron chi connectivity index (χ0n) is 12.0. The molecule has 1 N–H and O–H groups in total. The molecule has 102 valence electrons. The third-order valence-electron chi connectivity index (χ3n) is 3.22. The molecule has 0 fully saturated rings. The highest BCUT2D eigenvalue weighted by Gasteiger charge is 2.19. The molecule has 0 spiro atoms. The number of hydrogen-bond donors (Lipinski definition) is 1. The van der Waals surface area contributed by atoms with Gasteiger partial charge in [0.15, 0.2) is 0 Å². The molecule has 19 heavy (non-hydrogen) atoms. The van der Waals surface area contributed by atoms with E-state index in [1.165, 1.54) is 5.69 Å². The minimum absolute atomic E-state index is 0.100. The average Bonchev–Trinajstić information content (AvgIpc) is 2.83. The molecule has 1 unspecified atom stereocenters. The largest absolute Gasteiger partial charge is 0.308 e. The third kappa shape index (κ3) is 2.81. The fourth-order valence-corrected chi connectivity index (χ4v) is 2.31. The van der Waals surface area contributed by atoms with Gasteiger partial charge < -0.3 is 5.32 Å². The Labute approximate surface area is 114 Å². The Morgan fingerprint density at radius 3 is 2.79 bits per heavy atom. The number of aryl methyl sites for hydroxylation is 3. The van der Waals surface area contributed by atoms with E-state index in [-0.39, 0.29) is 6.04 Å². The smallest absolute Gasteiger partial charge is 0.0764 e. The van der Waals surface area contributed by atoms with Crippen LogP contribution in [0.3, 0.4) is 0 Å². The summed E-state index contributed by atoms with van der Waals surface area (Å²) >= 11 is 0. The molecule has 1 atom stereocenters. The summed E-state index contributed by atoms with van der Waals surface area (Å²) in [5.41, 5.74) is 4.21. The summed E-state index contributed by atoms with van der Waals surface area (Å²) in [6.07, 6.45) is 2.92. The zero-order valence-corrected chi connectivity index (χ0v) is 12.0. The monoisotopic (exact) mass is 259 g/mol. The quantitative estimate of drug-likeness (QED) is 0.892. The van der Waals surface area contributed by atoms with E-state index in [2.05, 4.69) is 44.4 Å². The number of hydrogen-bond acceptors (Lipinski definition) is 4. The Bertz CT molecular complexity index is 547. The highest BCUT2D eigenvalue weighted by atomic mass is 15.3. The summed E-state index contributed by atoms with van der Waals surface area (Å²) in [7, 11) is 1.96. The van der Waals surface area contributed by atoms with Gasteiger partial charge in [0, 0.05) is 18.3 Å². The molecule has 0 aliphatic rings. The lowest BCUT2D eigenvalue weighted by atomic mass is 10.0. The van der Waals surface area contributed by atoms with Crippen molar-refractivity contribution in [3.63, 3.8) is 0 Å². The Kier molecular flexibility index (Phi) is 4.27. The van der Waals surface area contributed by atoms with Gasteiger partial charge in [0.1, 0.15) is 0 Å². The van der Waals surface area contributed by atoms with Crippen LogP contribution in [0.4, 0.5) is 0 Å². The fraction of sp³-hybridized carbons (Fsp3) is 0.500. The first kappa shape index (κ1) is 13.7. The molecule has 2 aromatic rings. The Morgan fingerprint density at radius 2 is 2.11 bits per heavy atom. The van der Waals surface area contributed by atoms with Crippen LogP contribution in [0.1, 0.15) is 42.0 Å². The SMILES string of the molecule is CCCn1nccc1C(NC)c1cc(C)nnc1C. The standard InChI is InChI=1S/C14H21N5/c1-5-8-19-13(6-7-16-19)14(15-4)12-9-10(2)17-18-11(12)3/h6-7,9,14-15H,5,8H2,1-4H3. The molecule has 2 aromatic heterocycles. The maximum atomic E-state index is 4.39. The molecule has 0 bridgehead atoms. The van der Waals surface area contributed by atoms with Crippen LogP contribution in [0.15, 0.2) is 18.3 Å². The van der Waals surface area contributed by atoms with Gasteiger partial charge >= 0.3 is 0 Å². The van der Waals surface area contributed by atoms with Crippen LogP contribution in [0.5, 0.6) is 0 Å². The van der Waals surface area contributed by atoms with Crippen LogP contribution >= 0.6 is 0 Å². The first-order chi connectivity index (χ1) is 9.17. The third-order valence-corrected chi connectivity index (χ3v) is 3.22. The average molecular weight is 259 g/mol. The van der Waals surface area contributed by atoms with Gasteiger partial charge in [-0.1, -0.05) is 6.92 Å². The second-order valence-electron chi connectivity index (χ2n) is 4.73. The van der Waals surface area contributed by atoms with E-state index in [1.807, 2.05) is 27.1 Å². The van der Waals surface area contributed by atoms with Crippen LogP contribution in [-0.4, -0.2) is 27.0 Å². The highest BCUT2D eigenvalue weighted by Crippen LogP contribution is 2.23. The number of nitrogens with one attached hydrogen (secondary N) is 1. The maximum absolute atomic E-state index is 4.39. The van der Waals surface area contributed by atoms with E-state index in [1.54, 1.807) is 0 Å². The number of rotatable bonds is 5. The zero-order chi connectivity index (χ0) is 13.8. The lowest BCUT2D eigenvalue weighted by molar-refractivity contribution is 0.532. The normalized spacial score (nSPS) is 12.6. The van der Waals surface area contributed by atoms with Crippen LogP contribution < -0.4 is 5.32 Å². The van der Waals surface area contributed by atoms with E-state index in [9.17, 15) is 0 Å². The second-order valence-corrected chi connectivity index (χ2v) is 4.73. The lowest BCUT2D eigenvalue weighted by Gasteiger charge is -2.19. The van der Waals surface area contributed by atoms with Crippen molar-refractivity contribution in [1.82, 2.24) is 25.3 Å². The molecule has 0 saturated carbocycles. The minimum Gasteiger partial charge on any atom is -0.308 e. The number of nitrogens with zero attached hydrogens (tertiary/aromatic N) is 4. The van der Waals surface area contributed by atoms with E-state index in [0.29, 0.717) is 0 Å². The van der Waals surface area contributed by atoms with Crippen LogP contribution in [0.25, 0.3) is 0 Å². The molecule has 5 nitrogen and oxygen atoms in total. The highest BCUT2D eigenvalue weighted by molar-refractivity contribution is 5.30. The van der Waals surface area contributed by atoms with Crippen molar-refractivity contribution in [3.8, 4) is 0 Å². The molecule has 0 saturated heterocycles. The van der Waals surface area contributed by atoms with Crippen molar-refractivity contribution in [2.75, 3.05) is 7.05 Å². The number of aromatic nitrogens is 4. The summed E-state index contributed by atoms with van der Waals surface area (Å²) in [5, 5.41) is 16.1. The molecule has 5 heteroatoms. The van der Waals surface area contributed by atoms with Crippen LogP contribution in [0, 0.1) is 13.8 Å². The second kappa shape index (κ2) is 5.93. The van der Waals surface area contributed by atoms with Gasteiger partial charge in [-0.3, -0.25) is 4.68 Å². The lowest BCUT2D eigenvalue weighted by Crippen LogP contribution is -2.23. The Morgan fingerprint density at radius 1 is 1.32 bits per heavy atom. The van der Waals surface area contributed by atoms with Gasteiger partial charge in [0.05, 0.1) is 23.1 Å². The van der Waals surface area contributed by atoms with Gasteiger partial charge in [-0.05, 0) is 39.4 Å². The van der Waals surface area contributed by atoms with Gasteiger partial charge in [-0.15, -0.1) is 0 Å². The van der Waals surface area contributed by atoms with Gasteiger partial charge in [0.2, 0.25) is 0 Å². The maximum Gasteiger partial charge on any atom is 0.0764 e. The molecular formula is C14H21N5. The first-order valence-corrected chi connectivity index (χ1v) is 6.67. The summed E-state index contributed by atoms with van der Waals surface area (Å²) in [4.78, 5) is 0. The summed E-state index contributed by atoms with van der Waals surface area (Å²) in [6.45, 7) is 7.04. The van der Waals surface area contributed by atoms with Crippen molar-refractivity contribution in [1.29, 1.82) is 0 Å². The minimum atomic E-state index is 0.100. The molecular weight excluding hydrogens is 238 g/mol. The Balaban J connectivity index is 2.44. The molecule has 2 heterocycles. The summed E-state index contributed by atoms with van der Waals surface area (Å²) in [5.74, 6) is 0. The van der Waals surface area contributed by atoms with Gasteiger partial charge in [0.25, 0.3) is 0 Å². The van der Waals surface area contributed by atoms with Gasteiger partial charge in [-0.25, -0.2) is 0 Å². The van der Waals surface area contributed by atoms with E-state index in [4.69, 9.17) is 0 Å². The van der Waals surface area contributed by atoms with E-state index >= 15 is 0 Å². The molecule has 2 rings (SSSR count). The van der Waals surface area contributed by atoms with E-state index in [0.717, 1.165) is 29.9 Å². The molecule has 0 amide bonds. The van der Waals surface area contributed by atoms with Crippen molar-refractivity contribution in [3.05, 3.63) is 41.0 Å². The summed E-state index contributed by atoms with van der Waals surface area (Å²) in [6, 6.07) is 4.25. The van der Waals surface area contributed by atoms with Crippen molar-refractivity contribution in [2.45, 2.75) is 39.8 Å². The topological polar surface area (TPSA) is 55.6 Å². The van der Waals surface area contributed by atoms with Crippen LogP contribution in [-0.2, 0) is 6.54 Å². The van der Waals surface area contributed by atoms with Crippen LogP contribution in [0.2, 0.25) is 0 Å². The van der Waals surface area contributed by atoms with Gasteiger partial charge in [-0.2, -0.15) is 15.3 Å². The van der Waals surface area contributed by atoms with Crippen molar-refractivity contribution >= 4 is 0 Å². The van der Waals surface area contributed by atoms with Crippen molar-refractivity contribution in [2.24, 2.45) is 0 Å². The molecule has 0 aromatic carbocycles. The molecule has 0 radical (unpaired) electrons. The predicted molar refractivity (Wildman–Crippen MR) is 74.9 cm³/mol. The first-order valence-electron chi connectivity index (χ1n) is 6.67.